The number of rotatable bonds is 11. The molecule has 168 valence electrons. The molecule has 0 saturated carbocycles. The van der Waals surface area contributed by atoms with E-state index in [0.29, 0.717) is 40.3 Å². The summed E-state index contributed by atoms with van der Waals surface area (Å²) in [6, 6.07) is 12.1. The number of halogens is 3. The summed E-state index contributed by atoms with van der Waals surface area (Å²) in [6.45, 7) is 4.82. The molecule has 2 amide bonds. The van der Waals surface area contributed by atoms with Gasteiger partial charge in [0.1, 0.15) is 6.04 Å². The molecule has 0 radical (unpaired) electrons. The van der Waals surface area contributed by atoms with E-state index in [2.05, 4.69) is 5.32 Å². The number of nitrogens with one attached hydrogen (secondary N) is 1. The monoisotopic (exact) mass is 500 g/mol. The standard InChI is InChI=1S/C23H27Cl3N2O2S/c1-3-12-27-23(30)21(4-2)28(13-16-8-10-17(24)11-9-16)22(29)15-31-14-18-19(25)6-5-7-20(18)26/h5-11,21H,3-4,12-15H2,1-2H3,(H,27,30). The first kappa shape index (κ1) is 25.9. The minimum absolute atomic E-state index is 0.110. The second-order valence-corrected chi connectivity index (χ2v) is 9.29. The minimum Gasteiger partial charge on any atom is -0.354 e. The van der Waals surface area contributed by atoms with Crippen LogP contribution in [0.2, 0.25) is 15.1 Å². The van der Waals surface area contributed by atoms with Crippen LogP contribution in [0.1, 0.15) is 37.8 Å². The molecule has 0 aliphatic rings. The molecule has 8 heteroatoms. The van der Waals surface area contributed by atoms with Crippen LogP contribution < -0.4 is 5.32 Å². The fourth-order valence-electron chi connectivity index (χ4n) is 3.07. The van der Waals surface area contributed by atoms with Gasteiger partial charge in [0.2, 0.25) is 11.8 Å². The smallest absolute Gasteiger partial charge is 0.242 e. The predicted molar refractivity (Wildman–Crippen MR) is 132 cm³/mol. The van der Waals surface area contributed by atoms with Gasteiger partial charge in [-0.3, -0.25) is 9.59 Å². The zero-order chi connectivity index (χ0) is 22.8. The van der Waals surface area contributed by atoms with Gasteiger partial charge >= 0.3 is 0 Å². The van der Waals surface area contributed by atoms with E-state index in [-0.39, 0.29) is 17.6 Å². The van der Waals surface area contributed by atoms with E-state index in [1.165, 1.54) is 11.8 Å². The van der Waals surface area contributed by atoms with Crippen LogP contribution in [-0.4, -0.2) is 35.1 Å². The lowest BCUT2D eigenvalue weighted by molar-refractivity contribution is -0.139. The first-order valence-electron chi connectivity index (χ1n) is 10.2. The van der Waals surface area contributed by atoms with Crippen molar-refractivity contribution in [3.8, 4) is 0 Å². The number of nitrogens with zero attached hydrogens (tertiary/aromatic N) is 1. The summed E-state index contributed by atoms with van der Waals surface area (Å²) in [7, 11) is 0. The molecule has 1 N–H and O–H groups in total. The van der Waals surface area contributed by atoms with Crippen LogP contribution in [0.3, 0.4) is 0 Å². The molecule has 31 heavy (non-hydrogen) atoms. The van der Waals surface area contributed by atoms with E-state index in [4.69, 9.17) is 34.8 Å². The molecule has 2 aromatic carbocycles. The number of thioether (sulfide) groups is 1. The van der Waals surface area contributed by atoms with Crippen molar-refractivity contribution < 1.29 is 9.59 Å². The van der Waals surface area contributed by atoms with Gasteiger partial charge in [-0.25, -0.2) is 0 Å². The minimum atomic E-state index is -0.542. The van der Waals surface area contributed by atoms with Crippen molar-refractivity contribution in [3.05, 3.63) is 68.7 Å². The van der Waals surface area contributed by atoms with Crippen LogP contribution in [0.5, 0.6) is 0 Å². The van der Waals surface area contributed by atoms with E-state index in [9.17, 15) is 9.59 Å². The summed E-state index contributed by atoms with van der Waals surface area (Å²) >= 11 is 19.9. The lowest BCUT2D eigenvalue weighted by atomic mass is 10.1. The number of carbonyl (C=O) groups excluding carboxylic acids is 2. The molecule has 0 heterocycles. The van der Waals surface area contributed by atoms with Crippen LogP contribution >= 0.6 is 46.6 Å². The highest BCUT2D eigenvalue weighted by atomic mass is 35.5. The van der Waals surface area contributed by atoms with Crippen LogP contribution in [0.15, 0.2) is 42.5 Å². The average molecular weight is 502 g/mol. The van der Waals surface area contributed by atoms with E-state index in [1.54, 1.807) is 35.2 Å². The largest absolute Gasteiger partial charge is 0.354 e. The summed E-state index contributed by atoms with van der Waals surface area (Å²) in [5, 5.41) is 4.70. The zero-order valence-electron chi connectivity index (χ0n) is 17.7. The summed E-state index contributed by atoms with van der Waals surface area (Å²) in [5.41, 5.74) is 1.72. The third kappa shape index (κ3) is 7.90. The van der Waals surface area contributed by atoms with E-state index in [0.717, 1.165) is 17.5 Å². The molecule has 1 unspecified atom stereocenters. The van der Waals surface area contributed by atoms with Crippen molar-refractivity contribution in [2.75, 3.05) is 12.3 Å². The highest BCUT2D eigenvalue weighted by molar-refractivity contribution is 7.99. The van der Waals surface area contributed by atoms with E-state index in [1.807, 2.05) is 26.0 Å². The molecule has 0 fully saturated rings. The van der Waals surface area contributed by atoms with Gasteiger partial charge in [0.25, 0.3) is 0 Å². The molecule has 1 atom stereocenters. The third-order valence-corrected chi connectivity index (χ3v) is 6.64. The Labute approximate surface area is 203 Å². The van der Waals surface area contributed by atoms with Crippen LogP contribution in [0, 0.1) is 0 Å². The second kappa shape index (κ2) is 13.2. The first-order chi connectivity index (χ1) is 14.9. The number of hydrogen-bond acceptors (Lipinski definition) is 3. The molecule has 0 aliphatic carbocycles. The van der Waals surface area contributed by atoms with Crippen LogP contribution in [-0.2, 0) is 21.9 Å². The van der Waals surface area contributed by atoms with Gasteiger partial charge in [-0.05, 0) is 48.2 Å². The Morgan fingerprint density at radius 1 is 1.03 bits per heavy atom. The molecular formula is C23H27Cl3N2O2S. The lowest BCUT2D eigenvalue weighted by Crippen LogP contribution is -2.49. The maximum Gasteiger partial charge on any atom is 0.242 e. The molecule has 2 aromatic rings. The van der Waals surface area contributed by atoms with Gasteiger partial charge in [0.15, 0.2) is 0 Å². The molecule has 0 aliphatic heterocycles. The Kier molecular flexibility index (Phi) is 11.0. The molecule has 0 bridgehead atoms. The summed E-state index contributed by atoms with van der Waals surface area (Å²) in [5.74, 6) is 0.484. The highest BCUT2D eigenvalue weighted by Crippen LogP contribution is 2.28. The van der Waals surface area contributed by atoms with Crippen molar-refractivity contribution in [1.82, 2.24) is 10.2 Å². The van der Waals surface area contributed by atoms with Crippen LogP contribution in [0.25, 0.3) is 0 Å². The molecular weight excluding hydrogens is 475 g/mol. The third-order valence-electron chi connectivity index (χ3n) is 4.73. The Balaban J connectivity index is 2.14. The number of carbonyl (C=O) groups is 2. The predicted octanol–water partition coefficient (Wildman–Crippen LogP) is 6.21. The fraction of sp³-hybridized carbons (Fsp3) is 0.391. The highest BCUT2D eigenvalue weighted by Gasteiger charge is 2.28. The van der Waals surface area contributed by atoms with Crippen molar-refractivity contribution in [2.45, 2.75) is 45.0 Å². The Hall–Kier alpha value is -1.40. The molecule has 0 spiro atoms. The zero-order valence-corrected chi connectivity index (χ0v) is 20.8. The van der Waals surface area contributed by atoms with Gasteiger partial charge in [-0.2, -0.15) is 0 Å². The first-order valence-corrected chi connectivity index (χ1v) is 12.5. The SMILES string of the molecule is CCCNC(=O)C(CC)N(Cc1ccc(Cl)cc1)C(=O)CSCc1c(Cl)cccc1Cl. The van der Waals surface area contributed by atoms with Gasteiger partial charge in [-0.15, -0.1) is 11.8 Å². The van der Waals surface area contributed by atoms with Crippen molar-refractivity contribution in [2.24, 2.45) is 0 Å². The van der Waals surface area contributed by atoms with Crippen LogP contribution in [0.4, 0.5) is 0 Å². The summed E-state index contributed by atoms with van der Waals surface area (Å²) < 4.78 is 0. The maximum atomic E-state index is 13.2. The lowest BCUT2D eigenvalue weighted by Gasteiger charge is -2.30. The Bertz CT molecular complexity index is 857. The summed E-state index contributed by atoms with van der Waals surface area (Å²) in [6.07, 6.45) is 1.36. The van der Waals surface area contributed by atoms with Gasteiger partial charge < -0.3 is 10.2 Å². The second-order valence-electron chi connectivity index (χ2n) is 7.06. The fourth-order valence-corrected chi connectivity index (χ4v) is 4.84. The van der Waals surface area contributed by atoms with Crippen molar-refractivity contribution >= 4 is 58.4 Å². The van der Waals surface area contributed by atoms with Gasteiger partial charge in [-0.1, -0.05) is 66.8 Å². The van der Waals surface area contributed by atoms with Crippen molar-refractivity contribution in [1.29, 1.82) is 0 Å². The molecule has 4 nitrogen and oxygen atoms in total. The quantitative estimate of drug-likeness (QED) is 0.398. The average Bonchev–Trinajstić information content (AvgIpc) is 2.75. The van der Waals surface area contributed by atoms with Gasteiger partial charge in [0.05, 0.1) is 5.75 Å². The summed E-state index contributed by atoms with van der Waals surface area (Å²) in [4.78, 5) is 27.6. The normalized spacial score (nSPS) is 11.8. The number of hydrogen-bond donors (Lipinski definition) is 1. The molecule has 0 aromatic heterocycles. The number of amides is 2. The maximum absolute atomic E-state index is 13.2. The van der Waals surface area contributed by atoms with Crippen molar-refractivity contribution in [3.63, 3.8) is 0 Å². The molecule has 0 saturated heterocycles. The van der Waals surface area contributed by atoms with E-state index >= 15 is 0 Å². The Morgan fingerprint density at radius 2 is 1.68 bits per heavy atom. The topological polar surface area (TPSA) is 49.4 Å². The van der Waals surface area contributed by atoms with E-state index < -0.39 is 6.04 Å². The molecule has 2 rings (SSSR count). The number of benzene rings is 2. The Morgan fingerprint density at radius 3 is 2.26 bits per heavy atom. The van der Waals surface area contributed by atoms with Gasteiger partial charge in [0, 0.05) is 33.9 Å².